The smallest absolute Gasteiger partial charge is 0.0594 e. The highest BCUT2D eigenvalue weighted by Gasteiger charge is 2.49. The molecule has 2 saturated carbocycles. The van der Waals surface area contributed by atoms with E-state index < -0.39 is 0 Å². The van der Waals surface area contributed by atoms with Crippen LogP contribution in [0.15, 0.2) is 12.2 Å². The van der Waals surface area contributed by atoms with Crippen LogP contribution >= 0.6 is 0 Å². The number of hydrogen-bond donors (Lipinski definition) is 1. The summed E-state index contributed by atoms with van der Waals surface area (Å²) in [5.41, 5.74) is 1.79. The zero-order chi connectivity index (χ0) is 12.8. The number of allylic oxidation sites excluding steroid dienone is 1. The van der Waals surface area contributed by atoms with Crippen molar-refractivity contribution in [3.63, 3.8) is 0 Å². The van der Waals surface area contributed by atoms with Crippen molar-refractivity contribution < 1.29 is 5.11 Å². The van der Waals surface area contributed by atoms with Crippen LogP contribution in [0.5, 0.6) is 0 Å². The van der Waals surface area contributed by atoms with E-state index in [4.69, 9.17) is 0 Å². The third-order valence-electron chi connectivity index (χ3n) is 6.12. The first kappa shape index (κ1) is 13.1. The van der Waals surface area contributed by atoms with E-state index in [1.807, 2.05) is 0 Å². The van der Waals surface area contributed by atoms with Crippen LogP contribution in [-0.2, 0) is 0 Å². The lowest BCUT2D eigenvalue weighted by atomic mass is 9.56. The lowest BCUT2D eigenvalue weighted by Crippen LogP contribution is -2.43. The summed E-state index contributed by atoms with van der Waals surface area (Å²) in [5.74, 6) is 2.17. The second-order valence-corrected chi connectivity index (χ2v) is 6.90. The predicted octanol–water partition coefficient (Wildman–Crippen LogP) is 4.02. The maximum Gasteiger partial charge on any atom is 0.0594 e. The van der Waals surface area contributed by atoms with Crippen LogP contribution in [0.3, 0.4) is 0 Å². The average Bonchev–Trinajstić information content (AvgIpc) is 2.38. The van der Waals surface area contributed by atoms with Crippen molar-refractivity contribution in [2.45, 2.75) is 59.5 Å². The molecule has 98 valence electrons. The minimum absolute atomic E-state index is 0.111. The normalized spacial score (nSPS) is 51.8. The Labute approximate surface area is 106 Å². The minimum atomic E-state index is -0.111. The molecule has 1 N–H and O–H groups in total. The molecular formula is C16H28O. The molecule has 2 fully saturated rings. The van der Waals surface area contributed by atoms with Gasteiger partial charge in [-0.3, -0.25) is 0 Å². The molecule has 6 unspecified atom stereocenters. The van der Waals surface area contributed by atoms with Gasteiger partial charge >= 0.3 is 0 Å². The van der Waals surface area contributed by atoms with Crippen LogP contribution in [-0.4, -0.2) is 11.2 Å². The zero-order valence-electron chi connectivity index (χ0n) is 11.9. The molecule has 0 aromatic rings. The molecule has 0 amide bonds. The lowest BCUT2D eigenvalue weighted by molar-refractivity contribution is -0.00501. The van der Waals surface area contributed by atoms with Gasteiger partial charge in [0.25, 0.3) is 0 Å². The number of aliphatic hydroxyl groups excluding tert-OH is 1. The molecule has 17 heavy (non-hydrogen) atoms. The topological polar surface area (TPSA) is 20.2 Å². The van der Waals surface area contributed by atoms with E-state index >= 15 is 0 Å². The van der Waals surface area contributed by atoms with Crippen molar-refractivity contribution in [1.29, 1.82) is 0 Å². The largest absolute Gasteiger partial charge is 0.393 e. The van der Waals surface area contributed by atoms with Crippen LogP contribution in [0.2, 0.25) is 0 Å². The van der Waals surface area contributed by atoms with Gasteiger partial charge in [-0.2, -0.15) is 0 Å². The Hall–Kier alpha value is -0.300. The number of hydrogen-bond acceptors (Lipinski definition) is 1. The minimum Gasteiger partial charge on any atom is -0.393 e. The van der Waals surface area contributed by atoms with Crippen molar-refractivity contribution in [2.24, 2.45) is 29.1 Å². The van der Waals surface area contributed by atoms with Gasteiger partial charge in [-0.1, -0.05) is 39.8 Å². The monoisotopic (exact) mass is 236 g/mol. The molecule has 0 aromatic carbocycles. The summed E-state index contributed by atoms with van der Waals surface area (Å²) in [7, 11) is 0. The maximum atomic E-state index is 10.4. The van der Waals surface area contributed by atoms with E-state index in [1.54, 1.807) is 0 Å². The first-order chi connectivity index (χ1) is 7.88. The zero-order valence-corrected chi connectivity index (χ0v) is 11.9. The van der Waals surface area contributed by atoms with Gasteiger partial charge in [0.1, 0.15) is 0 Å². The average molecular weight is 236 g/mol. The van der Waals surface area contributed by atoms with E-state index in [-0.39, 0.29) is 6.10 Å². The molecule has 0 radical (unpaired) electrons. The highest BCUT2D eigenvalue weighted by atomic mass is 16.3. The number of fused-ring (bicyclic) bond motifs is 1. The van der Waals surface area contributed by atoms with E-state index in [2.05, 4.69) is 34.3 Å². The Balaban J connectivity index is 2.33. The van der Waals surface area contributed by atoms with Gasteiger partial charge in [0.2, 0.25) is 0 Å². The van der Waals surface area contributed by atoms with Crippen molar-refractivity contribution in [1.82, 2.24) is 0 Å². The SMILES string of the molecule is C=C1CCC2C(C)C(O)C(C)CCC2(C)C1C. The van der Waals surface area contributed by atoms with E-state index in [0.717, 1.165) is 12.8 Å². The summed E-state index contributed by atoms with van der Waals surface area (Å²) in [6.45, 7) is 13.5. The summed E-state index contributed by atoms with van der Waals surface area (Å²) in [6.07, 6.45) is 4.69. The van der Waals surface area contributed by atoms with Gasteiger partial charge < -0.3 is 5.11 Å². The molecule has 0 aliphatic heterocycles. The van der Waals surface area contributed by atoms with Crippen LogP contribution in [0.4, 0.5) is 0 Å². The molecule has 2 aliphatic rings. The van der Waals surface area contributed by atoms with Crippen molar-refractivity contribution in [3.05, 3.63) is 12.2 Å². The Morgan fingerprint density at radius 2 is 1.88 bits per heavy atom. The third kappa shape index (κ3) is 1.97. The summed E-state index contributed by atoms with van der Waals surface area (Å²) >= 11 is 0. The summed E-state index contributed by atoms with van der Waals surface area (Å²) < 4.78 is 0. The van der Waals surface area contributed by atoms with Crippen LogP contribution < -0.4 is 0 Å². The lowest BCUT2D eigenvalue weighted by Gasteiger charge is -2.49. The Morgan fingerprint density at radius 1 is 1.24 bits per heavy atom. The van der Waals surface area contributed by atoms with Gasteiger partial charge in [0, 0.05) is 0 Å². The van der Waals surface area contributed by atoms with Gasteiger partial charge in [-0.05, 0) is 54.8 Å². The summed E-state index contributed by atoms with van der Waals surface area (Å²) in [6, 6.07) is 0. The summed E-state index contributed by atoms with van der Waals surface area (Å²) in [5, 5.41) is 10.4. The molecule has 0 saturated heterocycles. The van der Waals surface area contributed by atoms with Crippen LogP contribution in [0.25, 0.3) is 0 Å². The van der Waals surface area contributed by atoms with Gasteiger partial charge in [-0.15, -0.1) is 0 Å². The third-order valence-corrected chi connectivity index (χ3v) is 6.12. The fourth-order valence-electron chi connectivity index (χ4n) is 4.41. The first-order valence-electron chi connectivity index (χ1n) is 7.23. The van der Waals surface area contributed by atoms with Crippen LogP contribution in [0.1, 0.15) is 53.4 Å². The van der Waals surface area contributed by atoms with Crippen LogP contribution in [0, 0.1) is 29.1 Å². The molecule has 2 aliphatic carbocycles. The highest BCUT2D eigenvalue weighted by Crippen LogP contribution is 2.55. The van der Waals surface area contributed by atoms with E-state index in [1.165, 1.54) is 18.4 Å². The molecule has 1 nitrogen and oxygen atoms in total. The molecule has 6 atom stereocenters. The predicted molar refractivity (Wildman–Crippen MR) is 72.7 cm³/mol. The van der Waals surface area contributed by atoms with Crippen molar-refractivity contribution in [3.8, 4) is 0 Å². The molecule has 0 spiro atoms. The number of aliphatic hydroxyl groups is 1. The Morgan fingerprint density at radius 3 is 2.53 bits per heavy atom. The quantitative estimate of drug-likeness (QED) is 0.630. The standard InChI is InChI=1S/C16H28O/c1-10-6-7-14-12(3)15(17)11(2)8-9-16(14,5)13(10)4/h11-15,17H,1,6-9H2,2-5H3. The fourth-order valence-corrected chi connectivity index (χ4v) is 4.41. The van der Waals surface area contributed by atoms with E-state index in [0.29, 0.717) is 29.1 Å². The number of rotatable bonds is 0. The molecule has 0 bridgehead atoms. The molecule has 0 heterocycles. The second kappa shape index (κ2) is 4.42. The first-order valence-corrected chi connectivity index (χ1v) is 7.23. The van der Waals surface area contributed by atoms with Gasteiger partial charge in [0.05, 0.1) is 6.10 Å². The van der Waals surface area contributed by atoms with Gasteiger partial charge in [0.15, 0.2) is 0 Å². The molecule has 2 rings (SSSR count). The highest BCUT2D eigenvalue weighted by molar-refractivity contribution is 5.13. The molecule has 1 heteroatoms. The van der Waals surface area contributed by atoms with Gasteiger partial charge in [-0.25, -0.2) is 0 Å². The molecule has 0 aromatic heterocycles. The summed E-state index contributed by atoms with van der Waals surface area (Å²) in [4.78, 5) is 0. The van der Waals surface area contributed by atoms with Crippen molar-refractivity contribution in [2.75, 3.05) is 0 Å². The second-order valence-electron chi connectivity index (χ2n) is 6.90. The Kier molecular flexibility index (Phi) is 3.42. The fraction of sp³-hybridized carbons (Fsp3) is 0.875. The van der Waals surface area contributed by atoms with Crippen molar-refractivity contribution >= 4 is 0 Å². The maximum absolute atomic E-state index is 10.4. The van der Waals surface area contributed by atoms with E-state index in [9.17, 15) is 5.11 Å². The molecular weight excluding hydrogens is 208 g/mol. The Bertz CT molecular complexity index is 309.